The number of amides is 1. The SMILES string of the molecule is Cc1cccc(C)c1OCc1c(C(=O)NC2CC3CCC(C2)N3C)noc1C. The zero-order chi connectivity index (χ0) is 19.8. The monoisotopic (exact) mass is 383 g/mol. The first kappa shape index (κ1) is 19.0. The zero-order valence-corrected chi connectivity index (χ0v) is 17.1. The average Bonchev–Trinajstić information content (AvgIpc) is 3.09. The molecule has 2 bridgehead atoms. The highest BCUT2D eigenvalue weighted by Crippen LogP contribution is 2.34. The maximum atomic E-state index is 12.9. The molecule has 2 aliphatic heterocycles. The molecule has 0 spiro atoms. The highest BCUT2D eigenvalue weighted by atomic mass is 16.5. The van der Waals surface area contributed by atoms with Crippen LogP contribution in [0.15, 0.2) is 22.7 Å². The second kappa shape index (κ2) is 7.59. The molecule has 2 unspecified atom stereocenters. The topological polar surface area (TPSA) is 67.6 Å². The van der Waals surface area contributed by atoms with Gasteiger partial charge >= 0.3 is 0 Å². The normalized spacial score (nSPS) is 24.4. The van der Waals surface area contributed by atoms with E-state index in [1.165, 1.54) is 12.8 Å². The first-order chi connectivity index (χ1) is 13.4. The van der Waals surface area contributed by atoms with E-state index in [9.17, 15) is 4.79 Å². The fourth-order valence-corrected chi connectivity index (χ4v) is 4.69. The molecular formula is C22H29N3O3. The van der Waals surface area contributed by atoms with Crippen molar-refractivity contribution in [1.82, 2.24) is 15.4 Å². The van der Waals surface area contributed by atoms with Crippen molar-refractivity contribution >= 4 is 5.91 Å². The lowest BCUT2D eigenvalue weighted by Gasteiger charge is -2.36. The third kappa shape index (κ3) is 3.53. The van der Waals surface area contributed by atoms with E-state index in [0.29, 0.717) is 23.5 Å². The van der Waals surface area contributed by atoms with Gasteiger partial charge in [-0.25, -0.2) is 0 Å². The minimum absolute atomic E-state index is 0.161. The molecule has 2 aliphatic rings. The number of benzene rings is 1. The molecule has 3 heterocycles. The van der Waals surface area contributed by atoms with Gasteiger partial charge in [-0.2, -0.15) is 0 Å². The molecular weight excluding hydrogens is 354 g/mol. The second-order valence-electron chi connectivity index (χ2n) is 8.27. The maximum Gasteiger partial charge on any atom is 0.274 e. The van der Waals surface area contributed by atoms with Gasteiger partial charge in [-0.15, -0.1) is 0 Å². The van der Waals surface area contributed by atoms with Gasteiger partial charge in [0.25, 0.3) is 5.91 Å². The van der Waals surface area contributed by atoms with Crippen LogP contribution < -0.4 is 10.1 Å². The van der Waals surface area contributed by atoms with Gasteiger partial charge in [0, 0.05) is 18.1 Å². The molecule has 1 aromatic carbocycles. The molecule has 2 aromatic rings. The Balaban J connectivity index is 1.45. The molecule has 1 aromatic heterocycles. The van der Waals surface area contributed by atoms with Crippen molar-refractivity contribution in [2.45, 2.75) is 71.2 Å². The summed E-state index contributed by atoms with van der Waals surface area (Å²) in [6.45, 7) is 6.13. The van der Waals surface area contributed by atoms with Crippen LogP contribution in [-0.2, 0) is 6.61 Å². The molecule has 2 saturated heterocycles. The zero-order valence-electron chi connectivity index (χ0n) is 17.1. The van der Waals surface area contributed by atoms with E-state index < -0.39 is 0 Å². The first-order valence-corrected chi connectivity index (χ1v) is 10.1. The summed E-state index contributed by atoms with van der Waals surface area (Å²) in [5, 5.41) is 7.22. The second-order valence-corrected chi connectivity index (χ2v) is 8.27. The number of carbonyl (C=O) groups is 1. The predicted molar refractivity (Wildman–Crippen MR) is 107 cm³/mol. The molecule has 1 N–H and O–H groups in total. The first-order valence-electron chi connectivity index (χ1n) is 10.1. The standard InChI is InChI=1S/C22H29N3O3/c1-13-6-5-7-14(2)21(13)27-12-19-15(3)28-24-20(19)22(26)23-16-10-17-8-9-18(11-16)25(17)4/h5-7,16-18H,8-12H2,1-4H3,(H,23,26). The molecule has 0 saturated carbocycles. The molecule has 0 aliphatic carbocycles. The summed E-state index contributed by atoms with van der Waals surface area (Å²) in [7, 11) is 2.20. The van der Waals surface area contributed by atoms with Crippen LogP contribution in [0.1, 0.15) is 58.6 Å². The molecule has 2 fully saturated rings. The molecule has 2 atom stereocenters. The smallest absolute Gasteiger partial charge is 0.274 e. The lowest BCUT2D eigenvalue weighted by molar-refractivity contribution is 0.0871. The minimum Gasteiger partial charge on any atom is -0.488 e. The Morgan fingerprint density at radius 3 is 2.50 bits per heavy atom. The summed E-state index contributed by atoms with van der Waals surface area (Å²) in [6.07, 6.45) is 4.46. The lowest BCUT2D eigenvalue weighted by atomic mass is 9.98. The van der Waals surface area contributed by atoms with Gasteiger partial charge in [-0.1, -0.05) is 23.4 Å². The number of aryl methyl sites for hydroxylation is 3. The Kier molecular flexibility index (Phi) is 5.15. The fourth-order valence-electron chi connectivity index (χ4n) is 4.69. The number of piperidine rings is 1. The molecule has 6 nitrogen and oxygen atoms in total. The lowest BCUT2D eigenvalue weighted by Crippen LogP contribution is -2.48. The average molecular weight is 383 g/mol. The van der Waals surface area contributed by atoms with E-state index >= 15 is 0 Å². The molecule has 0 radical (unpaired) electrons. The highest BCUT2D eigenvalue weighted by Gasteiger charge is 2.39. The third-order valence-corrected chi connectivity index (χ3v) is 6.40. The number of para-hydroxylation sites is 1. The number of hydrogen-bond acceptors (Lipinski definition) is 5. The number of rotatable bonds is 5. The highest BCUT2D eigenvalue weighted by molar-refractivity contribution is 5.94. The Bertz CT molecular complexity index is 842. The van der Waals surface area contributed by atoms with E-state index in [-0.39, 0.29) is 18.6 Å². The van der Waals surface area contributed by atoms with E-state index in [0.717, 1.165) is 35.3 Å². The number of carbonyl (C=O) groups excluding carboxylic acids is 1. The molecule has 28 heavy (non-hydrogen) atoms. The van der Waals surface area contributed by atoms with Crippen LogP contribution in [0.5, 0.6) is 5.75 Å². The van der Waals surface area contributed by atoms with E-state index in [1.807, 2.05) is 39.0 Å². The summed E-state index contributed by atoms with van der Waals surface area (Å²) in [5.74, 6) is 1.31. The number of nitrogens with zero attached hydrogens (tertiary/aromatic N) is 2. The summed E-state index contributed by atoms with van der Waals surface area (Å²) in [4.78, 5) is 15.4. The summed E-state index contributed by atoms with van der Waals surface area (Å²) in [5.41, 5.74) is 3.20. The Morgan fingerprint density at radius 2 is 1.86 bits per heavy atom. The van der Waals surface area contributed by atoms with E-state index in [4.69, 9.17) is 9.26 Å². The summed E-state index contributed by atoms with van der Waals surface area (Å²) < 4.78 is 11.4. The van der Waals surface area contributed by atoms with E-state index in [1.54, 1.807) is 0 Å². The van der Waals surface area contributed by atoms with Crippen molar-refractivity contribution in [2.24, 2.45) is 0 Å². The van der Waals surface area contributed by atoms with Gasteiger partial charge in [-0.05, 0) is 64.6 Å². The van der Waals surface area contributed by atoms with E-state index in [2.05, 4.69) is 22.4 Å². The van der Waals surface area contributed by atoms with Gasteiger partial charge in [0.05, 0.1) is 5.56 Å². The van der Waals surface area contributed by atoms with Crippen LogP contribution in [-0.4, -0.2) is 41.1 Å². The van der Waals surface area contributed by atoms with Crippen molar-refractivity contribution in [3.05, 3.63) is 46.3 Å². The van der Waals surface area contributed by atoms with Crippen molar-refractivity contribution in [3.63, 3.8) is 0 Å². The summed E-state index contributed by atoms with van der Waals surface area (Å²) in [6, 6.07) is 7.40. The van der Waals surface area contributed by atoms with Crippen molar-refractivity contribution in [2.75, 3.05) is 7.05 Å². The number of ether oxygens (including phenoxy) is 1. The van der Waals surface area contributed by atoms with Crippen LogP contribution in [0.2, 0.25) is 0 Å². The fraction of sp³-hybridized carbons (Fsp3) is 0.545. The van der Waals surface area contributed by atoms with Gasteiger partial charge in [0.1, 0.15) is 18.1 Å². The predicted octanol–water partition coefficient (Wildman–Crippen LogP) is 3.53. The number of hydrogen-bond donors (Lipinski definition) is 1. The van der Waals surface area contributed by atoms with Crippen LogP contribution >= 0.6 is 0 Å². The number of fused-ring (bicyclic) bond motifs is 2. The van der Waals surface area contributed by atoms with Crippen LogP contribution in [0.25, 0.3) is 0 Å². The van der Waals surface area contributed by atoms with Gasteiger partial charge < -0.3 is 19.5 Å². The molecule has 4 rings (SSSR count). The van der Waals surface area contributed by atoms with Gasteiger partial charge in [-0.3, -0.25) is 4.79 Å². The molecule has 6 heteroatoms. The van der Waals surface area contributed by atoms with Gasteiger partial charge in [0.15, 0.2) is 5.69 Å². The van der Waals surface area contributed by atoms with Crippen LogP contribution in [0, 0.1) is 20.8 Å². The molecule has 1 amide bonds. The van der Waals surface area contributed by atoms with Crippen molar-refractivity contribution in [1.29, 1.82) is 0 Å². The maximum absolute atomic E-state index is 12.9. The van der Waals surface area contributed by atoms with Crippen LogP contribution in [0.3, 0.4) is 0 Å². The Hall–Kier alpha value is -2.34. The summed E-state index contributed by atoms with van der Waals surface area (Å²) >= 11 is 0. The third-order valence-electron chi connectivity index (χ3n) is 6.40. The van der Waals surface area contributed by atoms with Crippen molar-refractivity contribution in [3.8, 4) is 5.75 Å². The number of aromatic nitrogens is 1. The largest absolute Gasteiger partial charge is 0.488 e. The van der Waals surface area contributed by atoms with Crippen LogP contribution in [0.4, 0.5) is 0 Å². The molecule has 150 valence electrons. The number of nitrogens with one attached hydrogen (secondary N) is 1. The quantitative estimate of drug-likeness (QED) is 0.855. The van der Waals surface area contributed by atoms with Gasteiger partial charge in [0.2, 0.25) is 0 Å². The minimum atomic E-state index is -0.161. The Labute approximate surface area is 166 Å². The Morgan fingerprint density at radius 1 is 1.21 bits per heavy atom. The van der Waals surface area contributed by atoms with Crippen molar-refractivity contribution < 1.29 is 14.1 Å².